The third-order valence-electron chi connectivity index (χ3n) is 5.40. The summed E-state index contributed by atoms with van der Waals surface area (Å²) in [7, 11) is 0. The van der Waals surface area contributed by atoms with Crippen molar-refractivity contribution in [3.63, 3.8) is 0 Å². The SMILES string of the molecule is CCNC(Cc1ccn(C2CCCC2)n1)CC1CCCC1. The second kappa shape index (κ2) is 7.44. The summed E-state index contributed by atoms with van der Waals surface area (Å²) in [5.74, 6) is 0.950. The van der Waals surface area contributed by atoms with Gasteiger partial charge in [-0.05, 0) is 37.8 Å². The van der Waals surface area contributed by atoms with Gasteiger partial charge in [0.05, 0.1) is 11.7 Å². The van der Waals surface area contributed by atoms with Crippen LogP contribution in [0.2, 0.25) is 0 Å². The van der Waals surface area contributed by atoms with Crippen LogP contribution in [0.4, 0.5) is 0 Å². The highest BCUT2D eigenvalue weighted by Gasteiger charge is 2.22. The maximum absolute atomic E-state index is 4.87. The van der Waals surface area contributed by atoms with Crippen molar-refractivity contribution in [1.82, 2.24) is 15.1 Å². The van der Waals surface area contributed by atoms with E-state index in [1.807, 2.05) is 0 Å². The Bertz CT molecular complexity index is 414. The van der Waals surface area contributed by atoms with Crippen molar-refractivity contribution in [2.24, 2.45) is 5.92 Å². The molecular formula is C18H31N3. The van der Waals surface area contributed by atoms with E-state index in [2.05, 4.69) is 29.2 Å². The molecule has 0 aliphatic heterocycles. The van der Waals surface area contributed by atoms with Gasteiger partial charge in [0, 0.05) is 18.7 Å². The Morgan fingerprint density at radius 1 is 1.19 bits per heavy atom. The summed E-state index contributed by atoms with van der Waals surface area (Å²) in [6.45, 7) is 3.29. The first-order valence-corrected chi connectivity index (χ1v) is 9.12. The second-order valence-corrected chi connectivity index (χ2v) is 7.07. The van der Waals surface area contributed by atoms with Gasteiger partial charge in [-0.15, -0.1) is 0 Å². The molecule has 1 unspecified atom stereocenters. The summed E-state index contributed by atoms with van der Waals surface area (Å²) in [5.41, 5.74) is 1.28. The van der Waals surface area contributed by atoms with E-state index in [-0.39, 0.29) is 0 Å². The predicted molar refractivity (Wildman–Crippen MR) is 87.5 cm³/mol. The Labute approximate surface area is 129 Å². The molecule has 2 saturated carbocycles. The van der Waals surface area contributed by atoms with Crippen LogP contribution in [0, 0.1) is 5.92 Å². The first-order chi connectivity index (χ1) is 10.3. The van der Waals surface area contributed by atoms with Crippen LogP contribution < -0.4 is 5.32 Å². The quantitative estimate of drug-likeness (QED) is 0.819. The van der Waals surface area contributed by atoms with Crippen molar-refractivity contribution in [2.45, 2.75) is 83.2 Å². The third-order valence-corrected chi connectivity index (χ3v) is 5.40. The lowest BCUT2D eigenvalue weighted by atomic mass is 9.95. The van der Waals surface area contributed by atoms with Gasteiger partial charge in [0.15, 0.2) is 0 Å². The molecule has 0 spiro atoms. The number of nitrogens with zero attached hydrogens (tertiary/aromatic N) is 2. The molecule has 1 aromatic heterocycles. The maximum Gasteiger partial charge on any atom is 0.0640 e. The molecular weight excluding hydrogens is 258 g/mol. The zero-order valence-electron chi connectivity index (χ0n) is 13.6. The third kappa shape index (κ3) is 4.09. The Balaban J connectivity index is 1.56. The van der Waals surface area contributed by atoms with Crippen molar-refractivity contribution >= 4 is 0 Å². The van der Waals surface area contributed by atoms with Crippen LogP contribution in [0.3, 0.4) is 0 Å². The molecule has 3 nitrogen and oxygen atoms in total. The van der Waals surface area contributed by atoms with E-state index in [9.17, 15) is 0 Å². The molecule has 3 heteroatoms. The van der Waals surface area contributed by atoms with Crippen LogP contribution in [-0.4, -0.2) is 22.4 Å². The molecule has 21 heavy (non-hydrogen) atoms. The molecule has 3 rings (SSSR count). The molecule has 1 heterocycles. The van der Waals surface area contributed by atoms with Gasteiger partial charge in [-0.1, -0.05) is 45.4 Å². The van der Waals surface area contributed by atoms with E-state index in [1.54, 1.807) is 0 Å². The number of likely N-dealkylation sites (N-methyl/N-ethyl adjacent to an activating group) is 1. The van der Waals surface area contributed by atoms with Gasteiger partial charge in [-0.3, -0.25) is 4.68 Å². The van der Waals surface area contributed by atoms with E-state index in [0.29, 0.717) is 12.1 Å². The van der Waals surface area contributed by atoms with Gasteiger partial charge in [0.2, 0.25) is 0 Å². The van der Waals surface area contributed by atoms with E-state index in [4.69, 9.17) is 5.10 Å². The minimum absolute atomic E-state index is 0.616. The summed E-state index contributed by atoms with van der Waals surface area (Å²) in [6.07, 6.45) is 15.8. The fourth-order valence-corrected chi connectivity index (χ4v) is 4.29. The Morgan fingerprint density at radius 2 is 1.90 bits per heavy atom. The van der Waals surface area contributed by atoms with E-state index < -0.39 is 0 Å². The molecule has 2 aliphatic rings. The molecule has 0 saturated heterocycles. The molecule has 1 N–H and O–H groups in total. The highest BCUT2D eigenvalue weighted by Crippen LogP contribution is 2.30. The molecule has 0 radical (unpaired) electrons. The van der Waals surface area contributed by atoms with Crippen LogP contribution in [0.1, 0.15) is 76.4 Å². The van der Waals surface area contributed by atoms with Crippen molar-refractivity contribution in [2.75, 3.05) is 6.54 Å². The first-order valence-electron chi connectivity index (χ1n) is 9.12. The summed E-state index contributed by atoms with van der Waals surface area (Å²) >= 11 is 0. The smallest absolute Gasteiger partial charge is 0.0640 e. The lowest BCUT2D eigenvalue weighted by Crippen LogP contribution is -2.33. The zero-order valence-corrected chi connectivity index (χ0v) is 13.6. The minimum Gasteiger partial charge on any atom is -0.314 e. The number of hydrogen-bond donors (Lipinski definition) is 1. The predicted octanol–water partition coefficient (Wildman–Crippen LogP) is 4.10. The minimum atomic E-state index is 0.616. The standard InChI is InChI=1S/C18H31N3/c1-2-19-17(13-15-7-3-4-8-15)14-16-11-12-21(20-16)18-9-5-6-10-18/h11-12,15,17-19H,2-10,13-14H2,1H3. The van der Waals surface area contributed by atoms with Crippen LogP contribution in [0.15, 0.2) is 12.3 Å². The van der Waals surface area contributed by atoms with E-state index in [1.165, 1.54) is 63.5 Å². The largest absolute Gasteiger partial charge is 0.314 e. The Hall–Kier alpha value is -0.830. The normalized spacial score (nSPS) is 22.1. The van der Waals surface area contributed by atoms with Gasteiger partial charge >= 0.3 is 0 Å². The first kappa shape index (κ1) is 15.1. The number of aromatic nitrogens is 2. The molecule has 0 amide bonds. The Morgan fingerprint density at radius 3 is 2.62 bits per heavy atom. The highest BCUT2D eigenvalue weighted by molar-refractivity contribution is 5.03. The summed E-state index contributed by atoms with van der Waals surface area (Å²) in [5, 5.41) is 8.55. The van der Waals surface area contributed by atoms with Crippen molar-refractivity contribution in [3.05, 3.63) is 18.0 Å². The summed E-state index contributed by atoms with van der Waals surface area (Å²) < 4.78 is 2.24. The second-order valence-electron chi connectivity index (χ2n) is 7.07. The maximum atomic E-state index is 4.87. The molecule has 0 aromatic carbocycles. The summed E-state index contributed by atoms with van der Waals surface area (Å²) in [6, 6.07) is 3.54. The Kier molecular flexibility index (Phi) is 5.34. The highest BCUT2D eigenvalue weighted by atomic mass is 15.3. The van der Waals surface area contributed by atoms with Gasteiger partial charge in [0.25, 0.3) is 0 Å². The van der Waals surface area contributed by atoms with E-state index in [0.717, 1.165) is 18.9 Å². The number of rotatable bonds is 7. The van der Waals surface area contributed by atoms with Crippen molar-refractivity contribution in [1.29, 1.82) is 0 Å². The van der Waals surface area contributed by atoms with Crippen molar-refractivity contribution in [3.8, 4) is 0 Å². The van der Waals surface area contributed by atoms with E-state index >= 15 is 0 Å². The average Bonchev–Trinajstić information content (AvgIpc) is 3.21. The molecule has 0 bridgehead atoms. The fraction of sp³-hybridized carbons (Fsp3) is 0.833. The monoisotopic (exact) mass is 289 g/mol. The zero-order chi connectivity index (χ0) is 14.5. The molecule has 2 fully saturated rings. The van der Waals surface area contributed by atoms with Crippen LogP contribution in [0.25, 0.3) is 0 Å². The van der Waals surface area contributed by atoms with Gasteiger partial charge in [-0.25, -0.2) is 0 Å². The van der Waals surface area contributed by atoms with Gasteiger partial charge in [0.1, 0.15) is 0 Å². The van der Waals surface area contributed by atoms with Crippen LogP contribution in [0.5, 0.6) is 0 Å². The topological polar surface area (TPSA) is 29.9 Å². The molecule has 1 atom stereocenters. The van der Waals surface area contributed by atoms with Crippen LogP contribution >= 0.6 is 0 Å². The van der Waals surface area contributed by atoms with Crippen molar-refractivity contribution < 1.29 is 0 Å². The number of nitrogens with one attached hydrogen (secondary N) is 1. The number of hydrogen-bond acceptors (Lipinski definition) is 2. The lowest BCUT2D eigenvalue weighted by Gasteiger charge is -2.20. The summed E-state index contributed by atoms with van der Waals surface area (Å²) in [4.78, 5) is 0. The fourth-order valence-electron chi connectivity index (χ4n) is 4.29. The van der Waals surface area contributed by atoms with Gasteiger partial charge < -0.3 is 5.32 Å². The molecule has 118 valence electrons. The molecule has 2 aliphatic carbocycles. The van der Waals surface area contributed by atoms with Crippen LogP contribution in [-0.2, 0) is 6.42 Å². The molecule has 1 aromatic rings. The average molecular weight is 289 g/mol. The van der Waals surface area contributed by atoms with Gasteiger partial charge in [-0.2, -0.15) is 5.10 Å². The lowest BCUT2D eigenvalue weighted by molar-refractivity contribution is 0.385.